The van der Waals surface area contributed by atoms with E-state index in [0.717, 1.165) is 19.4 Å². The lowest BCUT2D eigenvalue weighted by molar-refractivity contribution is 0.0970. The van der Waals surface area contributed by atoms with Crippen molar-refractivity contribution in [3.8, 4) is 0 Å². The average Bonchev–Trinajstić information content (AvgIpc) is 2.13. The van der Waals surface area contributed by atoms with E-state index in [1.807, 2.05) is 18.7 Å². The number of hydrogen-bond acceptors (Lipinski definition) is 1. The van der Waals surface area contributed by atoms with Crippen molar-refractivity contribution in [3.05, 3.63) is 0 Å². The van der Waals surface area contributed by atoms with E-state index in [9.17, 15) is 4.39 Å². The van der Waals surface area contributed by atoms with Crippen molar-refractivity contribution < 1.29 is 4.39 Å². The Hall–Kier alpha value is -0.110. The summed E-state index contributed by atoms with van der Waals surface area (Å²) in [7, 11) is 0. The first-order valence-corrected chi connectivity index (χ1v) is 3.61. The van der Waals surface area contributed by atoms with Crippen LogP contribution in [0.15, 0.2) is 0 Å². The Labute approximate surface area is 55.8 Å². The SMILES string of the molecule is CC(C)N1CCC[C@@H]1F. The monoisotopic (exact) mass is 131 g/mol. The molecule has 0 aromatic carbocycles. The third kappa shape index (κ3) is 1.42. The zero-order chi connectivity index (χ0) is 6.85. The van der Waals surface area contributed by atoms with Gasteiger partial charge in [-0.15, -0.1) is 0 Å². The molecule has 1 saturated heterocycles. The van der Waals surface area contributed by atoms with Gasteiger partial charge in [0.1, 0.15) is 0 Å². The number of likely N-dealkylation sites (tertiary alicyclic amines) is 1. The van der Waals surface area contributed by atoms with E-state index in [2.05, 4.69) is 0 Å². The van der Waals surface area contributed by atoms with Gasteiger partial charge in [-0.25, -0.2) is 4.39 Å². The van der Waals surface area contributed by atoms with Crippen LogP contribution in [0, 0.1) is 0 Å². The molecule has 0 N–H and O–H groups in total. The van der Waals surface area contributed by atoms with E-state index in [0.29, 0.717) is 6.04 Å². The Morgan fingerprint density at radius 1 is 1.56 bits per heavy atom. The van der Waals surface area contributed by atoms with Crippen LogP contribution in [0.2, 0.25) is 0 Å². The molecule has 0 spiro atoms. The van der Waals surface area contributed by atoms with Gasteiger partial charge in [0.2, 0.25) is 0 Å². The summed E-state index contributed by atoms with van der Waals surface area (Å²) in [5.41, 5.74) is 0. The van der Waals surface area contributed by atoms with Crippen molar-refractivity contribution in [1.82, 2.24) is 4.90 Å². The Morgan fingerprint density at radius 3 is 2.44 bits per heavy atom. The third-order valence-electron chi connectivity index (χ3n) is 1.88. The predicted molar refractivity (Wildman–Crippen MR) is 36.0 cm³/mol. The highest BCUT2D eigenvalue weighted by Gasteiger charge is 2.25. The van der Waals surface area contributed by atoms with Gasteiger partial charge >= 0.3 is 0 Å². The van der Waals surface area contributed by atoms with Gasteiger partial charge in [-0.3, -0.25) is 4.90 Å². The number of nitrogens with zero attached hydrogens (tertiary/aromatic N) is 1. The van der Waals surface area contributed by atoms with Gasteiger partial charge in [-0.1, -0.05) is 0 Å². The van der Waals surface area contributed by atoms with Gasteiger partial charge in [-0.2, -0.15) is 0 Å². The van der Waals surface area contributed by atoms with Crippen LogP contribution in [0.1, 0.15) is 26.7 Å². The second kappa shape index (κ2) is 2.65. The van der Waals surface area contributed by atoms with Gasteiger partial charge in [0, 0.05) is 12.6 Å². The molecule has 1 rings (SSSR count). The Morgan fingerprint density at radius 2 is 2.22 bits per heavy atom. The molecule has 0 aliphatic carbocycles. The molecule has 54 valence electrons. The molecule has 0 aromatic heterocycles. The first-order chi connectivity index (χ1) is 4.22. The van der Waals surface area contributed by atoms with Gasteiger partial charge in [0.25, 0.3) is 0 Å². The van der Waals surface area contributed by atoms with E-state index in [1.54, 1.807) is 0 Å². The standard InChI is InChI=1S/C7H14FN/c1-6(2)9-5-3-4-7(9)8/h6-7H,3-5H2,1-2H3/t7-/m1/s1. The normalized spacial score (nSPS) is 30.0. The largest absolute Gasteiger partial charge is 0.272 e. The Bertz CT molecular complexity index is 92.9. The summed E-state index contributed by atoms with van der Waals surface area (Å²) in [6.45, 7) is 5.02. The van der Waals surface area contributed by atoms with E-state index >= 15 is 0 Å². The summed E-state index contributed by atoms with van der Waals surface area (Å²) in [5, 5.41) is 0. The second-order valence-corrected chi connectivity index (χ2v) is 2.91. The molecule has 9 heavy (non-hydrogen) atoms. The fourth-order valence-corrected chi connectivity index (χ4v) is 1.33. The summed E-state index contributed by atoms with van der Waals surface area (Å²) >= 11 is 0. The predicted octanol–water partition coefficient (Wildman–Crippen LogP) is 1.79. The zero-order valence-electron chi connectivity index (χ0n) is 6.10. The average molecular weight is 131 g/mol. The molecule has 2 heteroatoms. The van der Waals surface area contributed by atoms with Crippen LogP contribution in [0.5, 0.6) is 0 Å². The summed E-state index contributed by atoms with van der Waals surface area (Å²) in [6.07, 6.45) is 1.10. The van der Waals surface area contributed by atoms with Crippen molar-refractivity contribution in [2.45, 2.75) is 39.0 Å². The maximum absolute atomic E-state index is 12.8. The summed E-state index contributed by atoms with van der Waals surface area (Å²) in [4.78, 5) is 1.90. The van der Waals surface area contributed by atoms with Crippen molar-refractivity contribution >= 4 is 0 Å². The minimum atomic E-state index is -0.662. The molecule has 0 bridgehead atoms. The number of hydrogen-bond donors (Lipinski definition) is 0. The zero-order valence-corrected chi connectivity index (χ0v) is 6.10. The number of halogens is 1. The maximum Gasteiger partial charge on any atom is 0.153 e. The topological polar surface area (TPSA) is 3.24 Å². The van der Waals surface area contributed by atoms with Crippen LogP contribution in [-0.4, -0.2) is 23.8 Å². The summed E-state index contributed by atoms with van der Waals surface area (Å²) < 4.78 is 12.8. The first kappa shape index (κ1) is 7.00. The Balaban J connectivity index is 2.40. The highest BCUT2D eigenvalue weighted by atomic mass is 19.1. The maximum atomic E-state index is 12.8. The van der Waals surface area contributed by atoms with Crippen molar-refractivity contribution in [2.75, 3.05) is 6.54 Å². The van der Waals surface area contributed by atoms with Gasteiger partial charge in [0.15, 0.2) is 6.30 Å². The van der Waals surface area contributed by atoms with E-state index < -0.39 is 6.30 Å². The fraction of sp³-hybridized carbons (Fsp3) is 1.00. The smallest absolute Gasteiger partial charge is 0.153 e. The number of alkyl halides is 1. The summed E-state index contributed by atoms with van der Waals surface area (Å²) in [5.74, 6) is 0. The third-order valence-corrected chi connectivity index (χ3v) is 1.88. The summed E-state index contributed by atoms with van der Waals surface area (Å²) in [6, 6.07) is 0.377. The molecular formula is C7H14FN. The lowest BCUT2D eigenvalue weighted by atomic mass is 10.3. The van der Waals surface area contributed by atoms with Crippen LogP contribution >= 0.6 is 0 Å². The van der Waals surface area contributed by atoms with Crippen LogP contribution in [0.4, 0.5) is 4.39 Å². The molecule has 0 unspecified atom stereocenters. The lowest BCUT2D eigenvalue weighted by Gasteiger charge is -2.21. The highest BCUT2D eigenvalue weighted by Crippen LogP contribution is 2.19. The van der Waals surface area contributed by atoms with Gasteiger partial charge < -0.3 is 0 Å². The molecule has 0 saturated carbocycles. The van der Waals surface area contributed by atoms with Crippen LogP contribution in [0.3, 0.4) is 0 Å². The Kier molecular flexibility index (Phi) is 2.06. The van der Waals surface area contributed by atoms with Gasteiger partial charge in [-0.05, 0) is 26.7 Å². The van der Waals surface area contributed by atoms with Crippen molar-refractivity contribution in [3.63, 3.8) is 0 Å². The fourth-order valence-electron chi connectivity index (χ4n) is 1.33. The van der Waals surface area contributed by atoms with Crippen LogP contribution < -0.4 is 0 Å². The van der Waals surface area contributed by atoms with Crippen LogP contribution in [-0.2, 0) is 0 Å². The number of rotatable bonds is 1. The van der Waals surface area contributed by atoms with Crippen LogP contribution in [0.25, 0.3) is 0 Å². The molecule has 0 radical (unpaired) electrons. The molecular weight excluding hydrogens is 117 g/mol. The molecule has 0 amide bonds. The van der Waals surface area contributed by atoms with Crippen molar-refractivity contribution in [1.29, 1.82) is 0 Å². The molecule has 1 aliphatic rings. The van der Waals surface area contributed by atoms with E-state index in [1.165, 1.54) is 0 Å². The van der Waals surface area contributed by atoms with Crippen molar-refractivity contribution in [2.24, 2.45) is 0 Å². The lowest BCUT2D eigenvalue weighted by Crippen LogP contribution is -2.32. The molecule has 1 atom stereocenters. The van der Waals surface area contributed by atoms with E-state index in [4.69, 9.17) is 0 Å². The quantitative estimate of drug-likeness (QED) is 0.490. The second-order valence-electron chi connectivity index (χ2n) is 2.91. The molecule has 1 aliphatic heterocycles. The molecule has 0 aromatic rings. The molecule has 1 nitrogen and oxygen atoms in total. The minimum absolute atomic E-state index is 0.377. The molecule has 1 fully saturated rings. The minimum Gasteiger partial charge on any atom is -0.272 e. The molecule has 1 heterocycles. The highest BCUT2D eigenvalue weighted by molar-refractivity contribution is 4.73. The van der Waals surface area contributed by atoms with Gasteiger partial charge in [0.05, 0.1) is 0 Å². The first-order valence-electron chi connectivity index (χ1n) is 3.61. The van der Waals surface area contributed by atoms with E-state index in [-0.39, 0.29) is 0 Å².